The highest BCUT2D eigenvalue weighted by atomic mass is 32.2. The van der Waals surface area contributed by atoms with Gasteiger partial charge in [-0.15, -0.1) is 11.3 Å². The van der Waals surface area contributed by atoms with Crippen LogP contribution in [0, 0.1) is 0 Å². The Balaban J connectivity index is 1.75. The zero-order chi connectivity index (χ0) is 15.6. The van der Waals surface area contributed by atoms with E-state index >= 15 is 0 Å². The van der Waals surface area contributed by atoms with Gasteiger partial charge in [0.2, 0.25) is 0 Å². The summed E-state index contributed by atoms with van der Waals surface area (Å²) in [4.78, 5) is 16.3. The monoisotopic (exact) mass is 342 g/mol. The highest BCUT2D eigenvalue weighted by molar-refractivity contribution is 7.98. The van der Waals surface area contributed by atoms with E-state index in [0.29, 0.717) is 0 Å². The molecule has 0 fully saturated rings. The molecule has 4 nitrogen and oxygen atoms in total. The number of fused-ring (bicyclic) bond motifs is 3. The predicted molar refractivity (Wildman–Crippen MR) is 97.4 cm³/mol. The first-order valence-electron chi connectivity index (χ1n) is 7.84. The van der Waals surface area contributed by atoms with Crippen LogP contribution in [0.1, 0.15) is 28.8 Å². The van der Waals surface area contributed by atoms with Crippen molar-refractivity contribution in [1.29, 1.82) is 0 Å². The van der Waals surface area contributed by atoms with Gasteiger partial charge >= 0.3 is 0 Å². The van der Waals surface area contributed by atoms with E-state index in [2.05, 4.69) is 16.4 Å². The quantitative estimate of drug-likeness (QED) is 0.566. The molecule has 1 N–H and O–H groups in total. The second-order valence-corrected chi connectivity index (χ2v) is 7.52. The van der Waals surface area contributed by atoms with Gasteiger partial charge in [0, 0.05) is 23.8 Å². The number of rotatable bonds is 4. The summed E-state index contributed by atoms with van der Waals surface area (Å²) in [6.45, 7) is 0.735. The zero-order valence-electron chi connectivity index (χ0n) is 13.0. The molecule has 1 aliphatic carbocycles. The van der Waals surface area contributed by atoms with Gasteiger partial charge in [-0.05, 0) is 49.1 Å². The fourth-order valence-electron chi connectivity index (χ4n) is 3.05. The van der Waals surface area contributed by atoms with Crippen LogP contribution in [0.4, 0.5) is 5.82 Å². The molecule has 6 heteroatoms. The van der Waals surface area contributed by atoms with Crippen LogP contribution in [-0.2, 0) is 19.4 Å². The smallest absolute Gasteiger partial charge is 0.190 e. The van der Waals surface area contributed by atoms with Crippen molar-refractivity contribution in [2.24, 2.45) is 0 Å². The summed E-state index contributed by atoms with van der Waals surface area (Å²) in [6.07, 6.45) is 10.6. The van der Waals surface area contributed by atoms with E-state index in [1.807, 2.05) is 29.9 Å². The van der Waals surface area contributed by atoms with E-state index in [1.54, 1.807) is 18.0 Å². The summed E-state index contributed by atoms with van der Waals surface area (Å²) < 4.78 is 0. The number of aryl methyl sites for hydroxylation is 2. The van der Waals surface area contributed by atoms with Crippen molar-refractivity contribution in [3.05, 3.63) is 40.5 Å². The minimum atomic E-state index is 0.735. The molecule has 0 saturated heterocycles. The largest absolute Gasteiger partial charge is 0.365 e. The fourth-order valence-corrected chi connectivity index (χ4v) is 4.73. The summed E-state index contributed by atoms with van der Waals surface area (Å²) in [6, 6.07) is 4.04. The zero-order valence-corrected chi connectivity index (χ0v) is 14.6. The van der Waals surface area contributed by atoms with Crippen molar-refractivity contribution in [3.8, 4) is 0 Å². The summed E-state index contributed by atoms with van der Waals surface area (Å²) in [5.41, 5.74) is 2.63. The highest BCUT2D eigenvalue weighted by Crippen LogP contribution is 2.39. The third-order valence-electron chi connectivity index (χ3n) is 4.16. The Morgan fingerprint density at radius 1 is 1.26 bits per heavy atom. The van der Waals surface area contributed by atoms with Gasteiger partial charge in [-0.25, -0.2) is 9.97 Å². The van der Waals surface area contributed by atoms with Crippen molar-refractivity contribution in [2.75, 3.05) is 11.6 Å². The van der Waals surface area contributed by atoms with E-state index in [9.17, 15) is 0 Å². The molecule has 0 atom stereocenters. The number of pyridine rings is 1. The molecule has 0 unspecified atom stereocenters. The molecule has 118 valence electrons. The molecule has 4 rings (SSSR count). The summed E-state index contributed by atoms with van der Waals surface area (Å²) in [7, 11) is 0. The van der Waals surface area contributed by atoms with Crippen molar-refractivity contribution in [2.45, 2.75) is 37.4 Å². The van der Waals surface area contributed by atoms with Gasteiger partial charge in [0.05, 0.1) is 5.39 Å². The molecule has 0 bridgehead atoms. The molecule has 3 aromatic rings. The number of hydrogen-bond donors (Lipinski definition) is 1. The third kappa shape index (κ3) is 2.93. The minimum Gasteiger partial charge on any atom is -0.365 e. The molecule has 3 aromatic heterocycles. The van der Waals surface area contributed by atoms with Crippen LogP contribution < -0.4 is 5.32 Å². The predicted octanol–water partition coefficient (Wildman–Crippen LogP) is 4.30. The Bertz CT molecular complexity index is 829. The van der Waals surface area contributed by atoms with Gasteiger partial charge < -0.3 is 5.32 Å². The molecule has 1 aliphatic rings. The second-order valence-electron chi connectivity index (χ2n) is 5.66. The van der Waals surface area contributed by atoms with E-state index in [1.165, 1.54) is 35.1 Å². The number of hydrogen-bond acceptors (Lipinski definition) is 6. The van der Waals surface area contributed by atoms with E-state index < -0.39 is 0 Å². The average Bonchev–Trinajstić information content (AvgIpc) is 2.99. The SMILES string of the molecule is CSc1nc(NCc2cccnc2)c2c3c(sc2n1)CCCC3. The van der Waals surface area contributed by atoms with Gasteiger partial charge in [0.1, 0.15) is 10.6 Å². The van der Waals surface area contributed by atoms with Gasteiger partial charge in [0.25, 0.3) is 0 Å². The Labute approximate surface area is 143 Å². The summed E-state index contributed by atoms with van der Waals surface area (Å²) in [5, 5.41) is 5.60. The topological polar surface area (TPSA) is 50.7 Å². The first-order chi connectivity index (χ1) is 11.3. The van der Waals surface area contributed by atoms with Crippen molar-refractivity contribution < 1.29 is 0 Å². The van der Waals surface area contributed by atoms with E-state index in [4.69, 9.17) is 9.97 Å². The second kappa shape index (κ2) is 6.45. The van der Waals surface area contributed by atoms with Gasteiger partial charge in [-0.3, -0.25) is 4.98 Å². The van der Waals surface area contributed by atoms with Crippen LogP contribution in [0.5, 0.6) is 0 Å². The molecule has 3 heterocycles. The fraction of sp³-hybridized carbons (Fsp3) is 0.353. The Morgan fingerprint density at radius 2 is 2.17 bits per heavy atom. The lowest BCUT2D eigenvalue weighted by molar-refractivity contribution is 0.700. The number of aromatic nitrogens is 3. The molecular weight excluding hydrogens is 324 g/mol. The molecule has 0 radical (unpaired) electrons. The highest BCUT2D eigenvalue weighted by Gasteiger charge is 2.21. The standard InChI is InChI=1S/C17H18N4S2/c1-22-17-20-15(19-10-11-5-4-8-18-9-11)14-12-6-2-3-7-13(12)23-16(14)21-17/h4-5,8-9H,2-3,6-7,10H2,1H3,(H,19,20,21). The lowest BCUT2D eigenvalue weighted by Crippen LogP contribution is -2.05. The van der Waals surface area contributed by atoms with Gasteiger partial charge in [-0.2, -0.15) is 0 Å². The molecule has 0 aliphatic heterocycles. The maximum absolute atomic E-state index is 4.74. The molecular formula is C17H18N4S2. The van der Waals surface area contributed by atoms with Crippen LogP contribution in [0.2, 0.25) is 0 Å². The van der Waals surface area contributed by atoms with Crippen LogP contribution in [0.15, 0.2) is 29.7 Å². The molecule has 0 amide bonds. The Morgan fingerprint density at radius 3 is 3.00 bits per heavy atom. The molecule has 0 spiro atoms. The number of nitrogens with one attached hydrogen (secondary N) is 1. The van der Waals surface area contributed by atoms with Crippen LogP contribution >= 0.6 is 23.1 Å². The number of thioether (sulfide) groups is 1. The number of anilines is 1. The third-order valence-corrected chi connectivity index (χ3v) is 5.89. The van der Waals surface area contributed by atoms with Crippen LogP contribution in [-0.4, -0.2) is 21.2 Å². The van der Waals surface area contributed by atoms with Crippen LogP contribution in [0.3, 0.4) is 0 Å². The van der Waals surface area contributed by atoms with Gasteiger partial charge in [-0.1, -0.05) is 17.8 Å². The number of nitrogens with zero attached hydrogens (tertiary/aromatic N) is 3. The van der Waals surface area contributed by atoms with Crippen molar-refractivity contribution in [3.63, 3.8) is 0 Å². The van der Waals surface area contributed by atoms with Gasteiger partial charge in [0.15, 0.2) is 5.16 Å². The average molecular weight is 342 g/mol. The normalized spacial score (nSPS) is 14.0. The first kappa shape index (κ1) is 14.9. The van der Waals surface area contributed by atoms with E-state index in [0.717, 1.165) is 34.3 Å². The van der Waals surface area contributed by atoms with Crippen molar-refractivity contribution >= 4 is 39.1 Å². The van der Waals surface area contributed by atoms with E-state index in [-0.39, 0.29) is 0 Å². The molecule has 0 aromatic carbocycles. The van der Waals surface area contributed by atoms with Crippen molar-refractivity contribution in [1.82, 2.24) is 15.0 Å². The summed E-state index contributed by atoms with van der Waals surface area (Å²) >= 11 is 3.45. The molecule has 23 heavy (non-hydrogen) atoms. The minimum absolute atomic E-state index is 0.735. The molecule has 0 saturated carbocycles. The lowest BCUT2D eigenvalue weighted by atomic mass is 9.97. The maximum atomic E-state index is 4.74. The summed E-state index contributed by atoms with van der Waals surface area (Å²) in [5.74, 6) is 0.975. The maximum Gasteiger partial charge on any atom is 0.190 e. The first-order valence-corrected chi connectivity index (χ1v) is 9.88. The Kier molecular flexibility index (Phi) is 4.18. The lowest BCUT2D eigenvalue weighted by Gasteiger charge is -2.13. The number of thiophene rings is 1. The van der Waals surface area contributed by atoms with Crippen LogP contribution in [0.25, 0.3) is 10.2 Å². The Hall–Kier alpha value is -1.66.